The number of methoxy groups -OCH3 is 1. The van der Waals surface area contributed by atoms with Crippen LogP contribution in [0, 0.1) is 0 Å². The van der Waals surface area contributed by atoms with Crippen molar-refractivity contribution in [3.8, 4) is 0 Å². The fourth-order valence-electron chi connectivity index (χ4n) is 2.08. The highest BCUT2D eigenvalue weighted by Gasteiger charge is 2.37. The molecule has 0 aliphatic carbocycles. The Bertz CT molecular complexity index is 707. The van der Waals surface area contributed by atoms with Gasteiger partial charge in [0.1, 0.15) is 17.5 Å². The maximum Gasteiger partial charge on any atom is 0.325 e. The van der Waals surface area contributed by atoms with E-state index in [-0.39, 0.29) is 39.8 Å². The van der Waals surface area contributed by atoms with Gasteiger partial charge in [0.25, 0.3) is 0 Å². The summed E-state index contributed by atoms with van der Waals surface area (Å²) in [7, 11) is -0.680. The van der Waals surface area contributed by atoms with Gasteiger partial charge in [-0.3, -0.25) is 9.59 Å². The molecule has 0 amide bonds. The van der Waals surface area contributed by atoms with E-state index in [1.165, 1.54) is 14.0 Å². The van der Waals surface area contributed by atoms with E-state index in [1.807, 2.05) is 0 Å². The molecule has 0 aliphatic rings. The van der Waals surface area contributed by atoms with Gasteiger partial charge >= 0.3 is 5.97 Å². The zero-order valence-corrected chi connectivity index (χ0v) is 18.8. The van der Waals surface area contributed by atoms with E-state index in [2.05, 4.69) is 43.8 Å². The molecule has 152 valence electrons. The molecule has 0 spiro atoms. The largest absolute Gasteiger partial charge is 0.468 e. The normalized spacial score (nSPS) is 12.0. The van der Waals surface area contributed by atoms with Crippen LogP contribution in [0.1, 0.15) is 38.1 Å². The van der Waals surface area contributed by atoms with Crippen molar-refractivity contribution in [2.24, 2.45) is 0 Å². The predicted octanol–water partition coefficient (Wildman–Crippen LogP) is 2.92. The molecular formula is C17H29ClN4O4Si. The number of nitrogens with zero attached hydrogens (tertiary/aromatic N) is 3. The highest BCUT2D eigenvalue weighted by molar-refractivity contribution is 6.74. The highest BCUT2D eigenvalue weighted by atomic mass is 35.5. The Morgan fingerprint density at radius 2 is 1.85 bits per heavy atom. The van der Waals surface area contributed by atoms with Gasteiger partial charge in [-0.15, -0.1) is 0 Å². The van der Waals surface area contributed by atoms with E-state index in [4.69, 9.17) is 26.5 Å². The van der Waals surface area contributed by atoms with Crippen molar-refractivity contribution in [1.82, 2.24) is 9.97 Å². The van der Waals surface area contributed by atoms with E-state index in [0.717, 1.165) is 0 Å². The Balaban J connectivity index is 3.17. The molecule has 1 heterocycles. The first-order chi connectivity index (χ1) is 12.3. The van der Waals surface area contributed by atoms with Gasteiger partial charge in [0.05, 0.1) is 19.3 Å². The number of hydrogen-bond acceptors (Lipinski definition) is 8. The van der Waals surface area contributed by atoms with E-state index >= 15 is 0 Å². The monoisotopic (exact) mass is 416 g/mol. The Kier molecular flexibility index (Phi) is 7.76. The quantitative estimate of drug-likeness (QED) is 0.298. The summed E-state index contributed by atoms with van der Waals surface area (Å²) in [5.74, 6) is -0.690. The maximum atomic E-state index is 12.1. The minimum atomic E-state index is -1.97. The number of anilines is 2. The number of ketones is 1. The molecule has 0 fully saturated rings. The zero-order chi connectivity index (χ0) is 21.0. The van der Waals surface area contributed by atoms with Gasteiger partial charge in [0.2, 0.25) is 5.95 Å². The van der Waals surface area contributed by atoms with Gasteiger partial charge in [0, 0.05) is 6.54 Å². The highest BCUT2D eigenvalue weighted by Crippen LogP contribution is 2.36. The van der Waals surface area contributed by atoms with Gasteiger partial charge in [-0.2, -0.15) is 4.98 Å². The van der Waals surface area contributed by atoms with Gasteiger partial charge in [-0.25, -0.2) is 4.98 Å². The summed E-state index contributed by atoms with van der Waals surface area (Å²) in [6.45, 7) is 12.6. The molecule has 0 atom stereocenters. The number of nitrogens with two attached hydrogens (primary N) is 1. The number of ether oxygens (including phenoxy) is 1. The van der Waals surface area contributed by atoms with Crippen LogP contribution in [0.5, 0.6) is 0 Å². The van der Waals surface area contributed by atoms with Crippen LogP contribution >= 0.6 is 11.6 Å². The number of rotatable bonds is 8. The lowest BCUT2D eigenvalue weighted by Crippen LogP contribution is -2.43. The lowest BCUT2D eigenvalue weighted by molar-refractivity contribution is -0.139. The molecule has 1 aromatic rings. The number of halogens is 1. The second-order valence-corrected chi connectivity index (χ2v) is 12.9. The number of esters is 1. The third-order valence-electron chi connectivity index (χ3n) is 4.69. The number of Topliss-reactive ketones (excluding diaryl/α,β-unsaturated/α-hetero) is 1. The first kappa shape index (κ1) is 23.3. The van der Waals surface area contributed by atoms with Crippen molar-refractivity contribution in [3.63, 3.8) is 0 Å². The minimum Gasteiger partial charge on any atom is -0.468 e. The molecule has 8 nitrogen and oxygen atoms in total. The molecule has 0 bridgehead atoms. The SMILES string of the molecule is COC(=O)CN(CCO[Si](C)(C)C(C)(C)C)c1nc(N)nc(Cl)c1C(C)=O. The average Bonchev–Trinajstić information content (AvgIpc) is 2.51. The molecule has 0 saturated carbocycles. The molecule has 10 heteroatoms. The van der Waals surface area contributed by atoms with Crippen LogP contribution in [-0.4, -0.2) is 56.8 Å². The summed E-state index contributed by atoms with van der Waals surface area (Å²) in [5.41, 5.74) is 5.81. The molecule has 27 heavy (non-hydrogen) atoms. The number of carbonyl (C=O) groups excluding carboxylic acids is 2. The van der Waals surface area contributed by atoms with Crippen LogP contribution in [0.4, 0.5) is 11.8 Å². The summed E-state index contributed by atoms with van der Waals surface area (Å²) in [6.07, 6.45) is 0. The van der Waals surface area contributed by atoms with E-state index in [9.17, 15) is 9.59 Å². The van der Waals surface area contributed by atoms with E-state index in [1.54, 1.807) is 4.90 Å². The number of carbonyl (C=O) groups is 2. The Morgan fingerprint density at radius 1 is 1.26 bits per heavy atom. The fourth-order valence-corrected chi connectivity index (χ4v) is 3.42. The molecule has 2 N–H and O–H groups in total. The molecule has 0 aliphatic heterocycles. The minimum absolute atomic E-state index is 0.0490. The van der Waals surface area contributed by atoms with Gasteiger partial charge in [0.15, 0.2) is 14.1 Å². The summed E-state index contributed by atoms with van der Waals surface area (Å²) in [4.78, 5) is 33.5. The summed E-state index contributed by atoms with van der Waals surface area (Å²) >= 11 is 6.09. The first-order valence-corrected chi connectivity index (χ1v) is 11.9. The standard InChI is InChI=1S/C17H29ClN4O4Si/c1-11(23)13-14(18)20-16(19)21-15(13)22(10-12(24)25-5)8-9-26-27(6,7)17(2,3)4/h8-10H2,1-7H3,(H2,19,20,21). The summed E-state index contributed by atoms with van der Waals surface area (Å²) < 4.78 is 10.9. The van der Waals surface area contributed by atoms with Crippen LogP contribution in [0.25, 0.3) is 0 Å². The molecular weight excluding hydrogens is 388 g/mol. The fraction of sp³-hybridized carbons (Fsp3) is 0.647. The van der Waals surface area contributed by atoms with E-state index < -0.39 is 14.3 Å². The number of hydrogen-bond donors (Lipinski definition) is 1. The Labute approximate surface area is 166 Å². The van der Waals surface area contributed by atoms with Crippen molar-refractivity contribution in [2.45, 2.75) is 45.8 Å². The second-order valence-electron chi connectivity index (χ2n) is 7.73. The average molecular weight is 417 g/mol. The molecule has 0 saturated heterocycles. The molecule has 0 radical (unpaired) electrons. The predicted molar refractivity (Wildman–Crippen MR) is 109 cm³/mol. The van der Waals surface area contributed by atoms with Crippen LogP contribution in [-0.2, 0) is 14.0 Å². The lowest BCUT2D eigenvalue weighted by atomic mass is 10.2. The third kappa shape index (κ3) is 6.15. The van der Waals surface area contributed by atoms with Crippen molar-refractivity contribution < 1.29 is 18.8 Å². The number of nitrogen functional groups attached to an aromatic ring is 1. The van der Waals surface area contributed by atoms with Crippen LogP contribution in [0.2, 0.25) is 23.3 Å². The molecule has 1 aromatic heterocycles. The van der Waals surface area contributed by atoms with Crippen molar-refractivity contribution >= 4 is 43.4 Å². The van der Waals surface area contributed by atoms with Gasteiger partial charge in [-0.05, 0) is 25.1 Å². The summed E-state index contributed by atoms with van der Waals surface area (Å²) in [5, 5.41) is -0.00177. The Morgan fingerprint density at radius 3 is 2.33 bits per heavy atom. The van der Waals surface area contributed by atoms with E-state index in [0.29, 0.717) is 13.2 Å². The number of aromatic nitrogens is 2. The molecule has 0 aromatic carbocycles. The van der Waals surface area contributed by atoms with Crippen LogP contribution in [0.3, 0.4) is 0 Å². The van der Waals surface area contributed by atoms with Crippen molar-refractivity contribution in [3.05, 3.63) is 10.7 Å². The smallest absolute Gasteiger partial charge is 0.325 e. The molecule has 0 unspecified atom stereocenters. The second kappa shape index (κ2) is 8.98. The van der Waals surface area contributed by atoms with Crippen LogP contribution in [0.15, 0.2) is 0 Å². The molecule has 1 rings (SSSR count). The van der Waals surface area contributed by atoms with Crippen molar-refractivity contribution in [1.29, 1.82) is 0 Å². The first-order valence-electron chi connectivity index (χ1n) is 8.60. The van der Waals surface area contributed by atoms with Crippen LogP contribution < -0.4 is 10.6 Å². The summed E-state index contributed by atoms with van der Waals surface area (Å²) in [6, 6.07) is 0. The van der Waals surface area contributed by atoms with Gasteiger partial charge < -0.3 is 19.8 Å². The maximum absolute atomic E-state index is 12.1. The van der Waals surface area contributed by atoms with Gasteiger partial charge in [-0.1, -0.05) is 32.4 Å². The topological polar surface area (TPSA) is 108 Å². The zero-order valence-electron chi connectivity index (χ0n) is 17.1. The third-order valence-corrected chi connectivity index (χ3v) is 9.50. The lowest BCUT2D eigenvalue weighted by Gasteiger charge is -2.37. The Hall–Kier alpha value is -1.71. The van der Waals surface area contributed by atoms with Crippen molar-refractivity contribution in [2.75, 3.05) is 37.4 Å².